The number of carbonyl (C=O) groups is 3. The van der Waals surface area contributed by atoms with Crippen molar-refractivity contribution in [2.24, 2.45) is 5.92 Å². The van der Waals surface area contributed by atoms with E-state index >= 15 is 0 Å². The third-order valence-corrected chi connectivity index (χ3v) is 3.49. The van der Waals surface area contributed by atoms with Gasteiger partial charge in [0.05, 0.1) is 25.7 Å². The number of carbonyl (C=O) groups excluding carboxylic acids is 3. The van der Waals surface area contributed by atoms with E-state index in [1.54, 1.807) is 13.8 Å². The van der Waals surface area contributed by atoms with Crippen LogP contribution in [0.15, 0.2) is 0 Å². The summed E-state index contributed by atoms with van der Waals surface area (Å²) in [6.07, 6.45) is 0.562. The largest absolute Gasteiger partial charge is 0.466 e. The van der Waals surface area contributed by atoms with E-state index < -0.39 is 18.0 Å². The summed E-state index contributed by atoms with van der Waals surface area (Å²) in [4.78, 5) is 36.3. The molecule has 7 nitrogen and oxygen atoms in total. The van der Waals surface area contributed by atoms with E-state index in [2.05, 4.69) is 10.1 Å². The first-order chi connectivity index (χ1) is 9.49. The fourth-order valence-electron chi connectivity index (χ4n) is 2.20. The van der Waals surface area contributed by atoms with Gasteiger partial charge in [0.2, 0.25) is 5.91 Å². The summed E-state index contributed by atoms with van der Waals surface area (Å²) in [5.41, 5.74) is 0. The Balaban J connectivity index is 2.42. The molecule has 0 aliphatic carbocycles. The van der Waals surface area contributed by atoms with Crippen molar-refractivity contribution in [3.05, 3.63) is 0 Å². The zero-order chi connectivity index (χ0) is 15.1. The third-order valence-electron chi connectivity index (χ3n) is 3.49. The molecule has 1 saturated heterocycles. The molecule has 0 aromatic rings. The van der Waals surface area contributed by atoms with Crippen LogP contribution in [0, 0.1) is 5.92 Å². The lowest BCUT2D eigenvalue weighted by Gasteiger charge is -2.34. The van der Waals surface area contributed by atoms with Crippen molar-refractivity contribution in [1.29, 1.82) is 0 Å². The molecule has 0 unspecified atom stereocenters. The maximum atomic E-state index is 11.8. The van der Waals surface area contributed by atoms with Gasteiger partial charge in [0.1, 0.15) is 0 Å². The van der Waals surface area contributed by atoms with Crippen molar-refractivity contribution in [2.45, 2.75) is 32.7 Å². The molecule has 1 fully saturated rings. The summed E-state index contributed by atoms with van der Waals surface area (Å²) >= 11 is 0. The molecule has 1 N–H and O–H groups in total. The van der Waals surface area contributed by atoms with Gasteiger partial charge in [0, 0.05) is 0 Å². The Morgan fingerprint density at radius 3 is 2.40 bits per heavy atom. The van der Waals surface area contributed by atoms with E-state index in [0.717, 1.165) is 0 Å². The maximum Gasteiger partial charge on any atom is 0.413 e. The number of methoxy groups -OCH3 is 1. The highest BCUT2D eigenvalue weighted by atomic mass is 16.5. The van der Waals surface area contributed by atoms with Crippen molar-refractivity contribution in [3.63, 3.8) is 0 Å². The molecule has 0 radical (unpaired) electrons. The summed E-state index contributed by atoms with van der Waals surface area (Å²) in [6, 6.07) is -0.433. The first-order valence-corrected chi connectivity index (χ1v) is 6.79. The number of rotatable bonds is 4. The summed E-state index contributed by atoms with van der Waals surface area (Å²) in [6.45, 7) is 5.14. The number of alkyl carbamates (subject to hydrolysis) is 1. The SMILES string of the molecule is CCOC(=O)C1CCN([C@H](C)C(=O)NC(=O)OC)CC1. The summed E-state index contributed by atoms with van der Waals surface area (Å²) in [7, 11) is 1.21. The van der Waals surface area contributed by atoms with Gasteiger partial charge in [-0.3, -0.25) is 19.8 Å². The van der Waals surface area contributed by atoms with Crippen LogP contribution in [0.4, 0.5) is 4.79 Å². The lowest BCUT2D eigenvalue weighted by molar-refractivity contribution is -0.149. The van der Waals surface area contributed by atoms with Gasteiger partial charge in [0.15, 0.2) is 0 Å². The van der Waals surface area contributed by atoms with Crippen LogP contribution in [0.3, 0.4) is 0 Å². The zero-order valence-corrected chi connectivity index (χ0v) is 12.2. The Hall–Kier alpha value is -1.63. The molecule has 20 heavy (non-hydrogen) atoms. The van der Waals surface area contributed by atoms with Crippen LogP contribution in [0.25, 0.3) is 0 Å². The Morgan fingerprint density at radius 1 is 1.30 bits per heavy atom. The van der Waals surface area contributed by atoms with Gasteiger partial charge in [-0.25, -0.2) is 4.79 Å². The molecule has 1 atom stereocenters. The number of likely N-dealkylation sites (tertiary alicyclic amines) is 1. The van der Waals surface area contributed by atoms with Crippen molar-refractivity contribution in [2.75, 3.05) is 26.8 Å². The topological polar surface area (TPSA) is 84.9 Å². The average Bonchev–Trinajstić information content (AvgIpc) is 2.46. The molecule has 114 valence electrons. The minimum Gasteiger partial charge on any atom is -0.466 e. The van der Waals surface area contributed by atoms with E-state index in [9.17, 15) is 14.4 Å². The molecular formula is C13H22N2O5. The third kappa shape index (κ3) is 4.48. The molecule has 1 rings (SSSR count). The van der Waals surface area contributed by atoms with Crippen LogP contribution in [-0.4, -0.2) is 55.7 Å². The number of esters is 1. The van der Waals surface area contributed by atoms with Crippen LogP contribution < -0.4 is 5.32 Å². The van der Waals surface area contributed by atoms with Crippen LogP contribution in [0.2, 0.25) is 0 Å². The Bertz CT molecular complexity index is 364. The number of piperidine rings is 1. The van der Waals surface area contributed by atoms with Gasteiger partial charge < -0.3 is 9.47 Å². The van der Waals surface area contributed by atoms with Crippen molar-refractivity contribution >= 4 is 18.0 Å². The monoisotopic (exact) mass is 286 g/mol. The van der Waals surface area contributed by atoms with E-state index in [0.29, 0.717) is 32.5 Å². The smallest absolute Gasteiger partial charge is 0.413 e. The van der Waals surface area contributed by atoms with Gasteiger partial charge >= 0.3 is 12.1 Å². The van der Waals surface area contributed by atoms with Crippen LogP contribution >= 0.6 is 0 Å². The molecule has 1 aliphatic heterocycles. The Labute approximate surface area is 118 Å². The number of imide groups is 1. The standard InChI is InChI=1S/C13H22N2O5/c1-4-20-12(17)10-5-7-15(8-6-10)9(2)11(16)14-13(18)19-3/h9-10H,4-8H2,1-3H3,(H,14,16,18)/t9-/m1/s1. The second-order valence-corrected chi connectivity index (χ2v) is 4.72. The molecule has 1 aliphatic rings. The summed E-state index contributed by atoms with van der Waals surface area (Å²) in [5.74, 6) is -0.660. The lowest BCUT2D eigenvalue weighted by Crippen LogP contribution is -2.50. The van der Waals surface area contributed by atoms with Crippen LogP contribution in [-0.2, 0) is 19.1 Å². The molecule has 0 saturated carbocycles. The first kappa shape index (κ1) is 16.4. The normalized spacial score (nSPS) is 18.1. The fraction of sp³-hybridized carbons (Fsp3) is 0.769. The van der Waals surface area contributed by atoms with Gasteiger partial charge in [-0.1, -0.05) is 0 Å². The molecule has 0 spiro atoms. The maximum absolute atomic E-state index is 11.8. The molecule has 7 heteroatoms. The molecule has 0 aromatic heterocycles. The second-order valence-electron chi connectivity index (χ2n) is 4.72. The molecule has 2 amide bonds. The second kappa shape index (κ2) is 7.84. The minimum absolute atomic E-state index is 0.0953. The molecule has 1 heterocycles. The van der Waals surface area contributed by atoms with E-state index in [1.807, 2.05) is 4.90 Å². The van der Waals surface area contributed by atoms with Gasteiger partial charge in [-0.2, -0.15) is 0 Å². The zero-order valence-electron chi connectivity index (χ0n) is 12.2. The Morgan fingerprint density at radius 2 is 1.90 bits per heavy atom. The highest BCUT2D eigenvalue weighted by Gasteiger charge is 2.30. The molecule has 0 bridgehead atoms. The summed E-state index contributed by atoms with van der Waals surface area (Å²) in [5, 5.41) is 2.15. The van der Waals surface area contributed by atoms with Crippen LogP contribution in [0.5, 0.6) is 0 Å². The number of ether oxygens (including phenoxy) is 2. The quantitative estimate of drug-likeness (QED) is 0.759. The van der Waals surface area contributed by atoms with Gasteiger partial charge in [-0.05, 0) is 39.8 Å². The van der Waals surface area contributed by atoms with Crippen molar-refractivity contribution in [1.82, 2.24) is 10.2 Å². The molecule has 0 aromatic carbocycles. The Kier molecular flexibility index (Phi) is 6.44. The first-order valence-electron chi connectivity index (χ1n) is 6.79. The van der Waals surface area contributed by atoms with Crippen molar-refractivity contribution < 1.29 is 23.9 Å². The number of hydrogen-bond acceptors (Lipinski definition) is 6. The predicted octanol–water partition coefficient (Wildman–Crippen LogP) is 0.533. The van der Waals surface area contributed by atoms with E-state index in [1.165, 1.54) is 7.11 Å². The fourth-order valence-corrected chi connectivity index (χ4v) is 2.20. The average molecular weight is 286 g/mol. The number of hydrogen-bond donors (Lipinski definition) is 1. The van der Waals surface area contributed by atoms with Crippen molar-refractivity contribution in [3.8, 4) is 0 Å². The van der Waals surface area contributed by atoms with Gasteiger partial charge in [-0.15, -0.1) is 0 Å². The van der Waals surface area contributed by atoms with E-state index in [-0.39, 0.29) is 11.9 Å². The highest BCUT2D eigenvalue weighted by Crippen LogP contribution is 2.20. The number of amides is 2. The predicted molar refractivity (Wildman–Crippen MR) is 70.9 cm³/mol. The number of nitrogens with one attached hydrogen (secondary N) is 1. The summed E-state index contributed by atoms with van der Waals surface area (Å²) < 4.78 is 9.38. The lowest BCUT2D eigenvalue weighted by atomic mass is 9.96. The van der Waals surface area contributed by atoms with E-state index in [4.69, 9.17) is 4.74 Å². The molecular weight excluding hydrogens is 264 g/mol. The highest BCUT2D eigenvalue weighted by molar-refractivity contribution is 5.94. The van der Waals surface area contributed by atoms with Gasteiger partial charge in [0.25, 0.3) is 0 Å². The minimum atomic E-state index is -0.761. The van der Waals surface area contributed by atoms with Crippen LogP contribution in [0.1, 0.15) is 26.7 Å². The number of nitrogens with zero attached hydrogens (tertiary/aromatic N) is 1.